The molecule has 0 radical (unpaired) electrons. The molecular weight excluding hydrogens is 428 g/mol. The Hall–Kier alpha value is -3.33. The Morgan fingerprint density at radius 2 is 1.40 bits per heavy atom. The fourth-order valence-electron chi connectivity index (χ4n) is 4.85. The normalized spacial score (nSPS) is 11.6. The average Bonchev–Trinajstić information content (AvgIpc) is 3.20. The second-order valence-electron chi connectivity index (χ2n) is 10.4. The first-order valence-electron chi connectivity index (χ1n) is 12.8. The zero-order chi connectivity index (χ0) is 25.3. The molecule has 0 aliphatic heterocycles. The molecule has 0 amide bonds. The van der Waals surface area contributed by atoms with Gasteiger partial charge in [0.25, 0.3) is 5.82 Å². The van der Waals surface area contributed by atoms with Crippen LogP contribution >= 0.6 is 0 Å². The van der Waals surface area contributed by atoms with Gasteiger partial charge in [-0.05, 0) is 68.0 Å². The molecule has 0 bridgehead atoms. The summed E-state index contributed by atoms with van der Waals surface area (Å²) in [5.74, 6) is 2.86. The Morgan fingerprint density at radius 1 is 0.771 bits per heavy atom. The van der Waals surface area contributed by atoms with Crippen LogP contribution in [0.15, 0.2) is 73.1 Å². The molecule has 0 unspecified atom stereocenters. The van der Waals surface area contributed by atoms with E-state index in [-0.39, 0.29) is 6.10 Å². The molecule has 3 heteroatoms. The minimum absolute atomic E-state index is 0.134. The van der Waals surface area contributed by atoms with Crippen molar-refractivity contribution in [2.24, 2.45) is 7.05 Å². The number of benzene rings is 3. The van der Waals surface area contributed by atoms with E-state index in [1.165, 1.54) is 33.5 Å². The molecule has 0 aliphatic rings. The zero-order valence-electron chi connectivity index (χ0n) is 22.5. The highest BCUT2D eigenvalue weighted by molar-refractivity contribution is 5.72. The largest absolute Gasteiger partial charge is 0.491 e. The van der Waals surface area contributed by atoms with Gasteiger partial charge in [-0.15, -0.1) is 0 Å². The quantitative estimate of drug-likeness (QED) is 0.252. The Balaban J connectivity index is 1.99. The van der Waals surface area contributed by atoms with Crippen LogP contribution in [0.3, 0.4) is 0 Å². The number of hydrogen-bond donors (Lipinski definition) is 0. The first-order valence-corrected chi connectivity index (χ1v) is 12.8. The lowest BCUT2D eigenvalue weighted by Gasteiger charge is -2.21. The van der Waals surface area contributed by atoms with Crippen LogP contribution in [0.5, 0.6) is 5.75 Å². The van der Waals surface area contributed by atoms with Gasteiger partial charge in [0, 0.05) is 16.7 Å². The van der Waals surface area contributed by atoms with E-state index in [1.807, 2.05) is 0 Å². The highest BCUT2D eigenvalue weighted by Gasteiger charge is 2.28. The van der Waals surface area contributed by atoms with Gasteiger partial charge in [-0.1, -0.05) is 64.1 Å². The smallest absolute Gasteiger partial charge is 0.294 e. The first-order chi connectivity index (χ1) is 16.7. The number of ether oxygens (including phenoxy) is 1. The number of imidazole rings is 1. The fraction of sp³-hybridized carbons (Fsp3) is 0.344. The maximum atomic E-state index is 6.14. The van der Waals surface area contributed by atoms with Crippen LogP contribution in [-0.2, 0) is 7.05 Å². The van der Waals surface area contributed by atoms with Crippen molar-refractivity contribution in [1.82, 2.24) is 4.57 Å². The third kappa shape index (κ3) is 4.91. The summed E-state index contributed by atoms with van der Waals surface area (Å²) >= 11 is 0. The van der Waals surface area contributed by atoms with Gasteiger partial charge in [0.05, 0.1) is 18.7 Å². The van der Waals surface area contributed by atoms with Crippen LogP contribution in [0.25, 0.3) is 28.2 Å². The molecule has 1 heterocycles. The van der Waals surface area contributed by atoms with E-state index >= 15 is 0 Å². The number of aryl methyl sites for hydroxylation is 1. The molecular formula is C32H39N2O+. The van der Waals surface area contributed by atoms with Crippen molar-refractivity contribution in [3.05, 3.63) is 89.7 Å². The number of rotatable bonds is 7. The summed E-state index contributed by atoms with van der Waals surface area (Å²) < 4.78 is 10.8. The molecule has 0 atom stereocenters. The summed E-state index contributed by atoms with van der Waals surface area (Å²) in [4.78, 5) is 0. The lowest BCUT2D eigenvalue weighted by atomic mass is 9.88. The fourth-order valence-corrected chi connectivity index (χ4v) is 4.85. The molecule has 0 saturated heterocycles. The predicted molar refractivity (Wildman–Crippen MR) is 146 cm³/mol. The van der Waals surface area contributed by atoms with E-state index in [0.29, 0.717) is 11.8 Å². The van der Waals surface area contributed by atoms with Gasteiger partial charge in [-0.25, -0.2) is 4.57 Å². The Kier molecular flexibility index (Phi) is 7.16. The summed E-state index contributed by atoms with van der Waals surface area (Å²) in [6.07, 6.45) is 4.50. The Labute approximate surface area is 211 Å². The molecule has 0 saturated carbocycles. The van der Waals surface area contributed by atoms with Gasteiger partial charge in [-0.2, -0.15) is 4.57 Å². The van der Waals surface area contributed by atoms with Crippen LogP contribution in [0.2, 0.25) is 0 Å². The lowest BCUT2D eigenvalue weighted by molar-refractivity contribution is -0.659. The summed E-state index contributed by atoms with van der Waals surface area (Å²) in [7, 11) is 2.13. The highest BCUT2D eigenvalue weighted by atomic mass is 16.5. The van der Waals surface area contributed by atoms with E-state index in [1.54, 1.807) is 0 Å². The van der Waals surface area contributed by atoms with Gasteiger partial charge in [0.15, 0.2) is 0 Å². The number of nitrogens with zero attached hydrogens (tertiary/aromatic N) is 2. The van der Waals surface area contributed by atoms with Gasteiger partial charge in [-0.3, -0.25) is 0 Å². The van der Waals surface area contributed by atoms with E-state index < -0.39 is 0 Å². The van der Waals surface area contributed by atoms with Crippen molar-refractivity contribution in [1.29, 1.82) is 0 Å². The molecule has 4 rings (SSSR count). The summed E-state index contributed by atoms with van der Waals surface area (Å²) in [6.45, 7) is 15.5. The molecule has 1 aromatic heterocycles. The van der Waals surface area contributed by atoms with Crippen molar-refractivity contribution < 1.29 is 9.30 Å². The maximum absolute atomic E-state index is 6.14. The van der Waals surface area contributed by atoms with Gasteiger partial charge in [0.2, 0.25) is 0 Å². The Bertz CT molecular complexity index is 1280. The lowest BCUT2D eigenvalue weighted by Crippen LogP contribution is -2.29. The molecule has 182 valence electrons. The van der Waals surface area contributed by atoms with Crippen LogP contribution in [0.1, 0.15) is 70.1 Å². The number of hydrogen-bond acceptors (Lipinski definition) is 1. The van der Waals surface area contributed by atoms with Gasteiger partial charge < -0.3 is 4.74 Å². The van der Waals surface area contributed by atoms with Crippen LogP contribution < -0.4 is 9.30 Å². The topological polar surface area (TPSA) is 18.0 Å². The number of aromatic nitrogens is 2. The van der Waals surface area contributed by atoms with Gasteiger partial charge in [0.1, 0.15) is 23.8 Å². The molecule has 0 spiro atoms. The van der Waals surface area contributed by atoms with E-state index in [0.717, 1.165) is 17.1 Å². The summed E-state index contributed by atoms with van der Waals surface area (Å²) in [5, 5.41) is 0. The Morgan fingerprint density at radius 3 is 1.97 bits per heavy atom. The van der Waals surface area contributed by atoms with Gasteiger partial charge >= 0.3 is 0 Å². The van der Waals surface area contributed by atoms with Crippen molar-refractivity contribution >= 4 is 0 Å². The second-order valence-corrected chi connectivity index (χ2v) is 10.4. The standard InChI is InChI=1S/C32H39N2O/c1-21(2)28-19-26(25-13-10-9-11-14-25)20-29(22(3)4)31(28)34-18-17-33(8)32(34)27-15-12-16-30(24(27)7)35-23(5)6/h9-23H,1-8H3/q+1. The minimum Gasteiger partial charge on any atom is -0.491 e. The van der Waals surface area contributed by atoms with E-state index in [2.05, 4.69) is 138 Å². The average molecular weight is 468 g/mol. The highest BCUT2D eigenvalue weighted by Crippen LogP contribution is 2.38. The molecule has 3 nitrogen and oxygen atoms in total. The zero-order valence-corrected chi connectivity index (χ0v) is 22.5. The second kappa shape index (κ2) is 10.1. The molecule has 3 aromatic carbocycles. The molecule has 35 heavy (non-hydrogen) atoms. The van der Waals surface area contributed by atoms with Crippen molar-refractivity contribution in [2.45, 2.75) is 66.4 Å². The summed E-state index contributed by atoms with van der Waals surface area (Å²) in [6, 6.07) is 21.9. The van der Waals surface area contributed by atoms with Crippen LogP contribution in [0.4, 0.5) is 0 Å². The molecule has 4 aromatic rings. The predicted octanol–water partition coefficient (Wildman–Crippen LogP) is 7.98. The third-order valence-corrected chi connectivity index (χ3v) is 6.65. The third-order valence-electron chi connectivity index (χ3n) is 6.65. The summed E-state index contributed by atoms with van der Waals surface area (Å²) in [5.41, 5.74) is 8.90. The first kappa shape index (κ1) is 24.8. The maximum Gasteiger partial charge on any atom is 0.294 e. The van der Waals surface area contributed by atoms with Crippen molar-refractivity contribution in [3.8, 4) is 34.0 Å². The van der Waals surface area contributed by atoms with Crippen LogP contribution in [0, 0.1) is 6.92 Å². The molecule has 0 fully saturated rings. The monoisotopic (exact) mass is 467 g/mol. The van der Waals surface area contributed by atoms with Crippen LogP contribution in [-0.4, -0.2) is 10.7 Å². The molecule has 0 aliphatic carbocycles. The van der Waals surface area contributed by atoms with E-state index in [9.17, 15) is 0 Å². The van der Waals surface area contributed by atoms with E-state index in [4.69, 9.17) is 4.74 Å². The minimum atomic E-state index is 0.134. The van der Waals surface area contributed by atoms with Crippen molar-refractivity contribution in [3.63, 3.8) is 0 Å². The van der Waals surface area contributed by atoms with Crippen molar-refractivity contribution in [2.75, 3.05) is 0 Å². The SMILES string of the molecule is Cc1c(OC(C)C)cccc1-c1n(-c2c(C(C)C)cc(-c3ccccc3)cc2C(C)C)cc[n+]1C. The molecule has 0 N–H and O–H groups in total.